The molecule has 1 aliphatic rings. The maximum absolute atomic E-state index is 12.3. The van der Waals surface area contributed by atoms with Crippen LogP contribution < -0.4 is 5.32 Å². The Morgan fingerprint density at radius 1 is 1.09 bits per heavy atom. The van der Waals surface area contributed by atoms with E-state index < -0.39 is 0 Å². The lowest BCUT2D eigenvalue weighted by molar-refractivity contribution is 0.206. The number of hydrogen-bond donors (Lipinski definition) is 1. The minimum atomic E-state index is -0.0887. The van der Waals surface area contributed by atoms with Gasteiger partial charge in [0, 0.05) is 19.9 Å². The Morgan fingerprint density at radius 2 is 1.73 bits per heavy atom. The molecular formula is C17H32N4O. The lowest BCUT2D eigenvalue weighted by Gasteiger charge is -2.33. The molecule has 126 valence electrons. The Morgan fingerprint density at radius 3 is 2.32 bits per heavy atom. The third-order valence-electron chi connectivity index (χ3n) is 3.89. The molecule has 0 bridgehead atoms. The normalized spacial score (nSPS) is 18.0. The van der Waals surface area contributed by atoms with Crippen molar-refractivity contribution in [3.8, 4) is 0 Å². The van der Waals surface area contributed by atoms with E-state index in [0.717, 1.165) is 69.5 Å². The number of amides is 2. The van der Waals surface area contributed by atoms with Gasteiger partial charge in [0.1, 0.15) is 17.8 Å². The van der Waals surface area contributed by atoms with Gasteiger partial charge in [0.25, 0.3) is 0 Å². The second-order valence-corrected chi connectivity index (χ2v) is 5.83. The first kappa shape index (κ1) is 18.7. The van der Waals surface area contributed by atoms with Gasteiger partial charge in [-0.25, -0.2) is 14.8 Å². The molecule has 5 heteroatoms. The lowest BCUT2D eigenvalue weighted by Crippen LogP contribution is -2.50. The second kappa shape index (κ2) is 10.4. The van der Waals surface area contributed by atoms with Gasteiger partial charge in [-0.1, -0.05) is 40.0 Å². The van der Waals surface area contributed by atoms with Crippen LogP contribution in [-0.4, -0.2) is 35.8 Å². The Labute approximate surface area is 135 Å². The predicted molar refractivity (Wildman–Crippen MR) is 93.5 cm³/mol. The highest BCUT2D eigenvalue weighted by Crippen LogP contribution is 2.20. The summed E-state index contributed by atoms with van der Waals surface area (Å²) in [5, 5.41) is 2.74. The molecule has 1 N–H and O–H groups in total. The van der Waals surface area contributed by atoms with Crippen molar-refractivity contribution < 1.29 is 4.79 Å². The van der Waals surface area contributed by atoms with Crippen LogP contribution in [0.25, 0.3) is 0 Å². The minimum Gasteiger partial charge on any atom is -0.341 e. The van der Waals surface area contributed by atoms with Crippen molar-refractivity contribution >= 4 is 17.7 Å². The molecule has 0 saturated carbocycles. The highest BCUT2D eigenvalue weighted by atomic mass is 16.2. The molecule has 5 nitrogen and oxygen atoms in total. The predicted octanol–water partition coefficient (Wildman–Crippen LogP) is 4.34. The van der Waals surface area contributed by atoms with Gasteiger partial charge in [-0.3, -0.25) is 4.90 Å². The molecule has 1 rings (SSSR count). The fourth-order valence-corrected chi connectivity index (χ4v) is 2.55. The van der Waals surface area contributed by atoms with E-state index in [9.17, 15) is 4.79 Å². The summed E-state index contributed by atoms with van der Waals surface area (Å²) in [6.45, 7) is 6.51. The van der Waals surface area contributed by atoms with Crippen LogP contribution in [0.1, 0.15) is 78.6 Å². The number of amidine groups is 2. The van der Waals surface area contributed by atoms with Crippen LogP contribution in [0.15, 0.2) is 9.98 Å². The molecule has 0 aromatic heterocycles. The minimum absolute atomic E-state index is 0.0869. The number of carbonyl (C=O) groups excluding carboxylic acids is 1. The van der Waals surface area contributed by atoms with Crippen LogP contribution in [0.5, 0.6) is 0 Å². The summed E-state index contributed by atoms with van der Waals surface area (Å²) in [5.41, 5.74) is 0. The maximum Gasteiger partial charge on any atom is 0.324 e. The Bertz CT molecular complexity index is 403. The van der Waals surface area contributed by atoms with Crippen molar-refractivity contribution in [1.82, 2.24) is 10.2 Å². The molecule has 0 radical (unpaired) electrons. The summed E-state index contributed by atoms with van der Waals surface area (Å²) >= 11 is 0. The summed E-state index contributed by atoms with van der Waals surface area (Å²) in [7, 11) is 1.67. The van der Waals surface area contributed by atoms with E-state index in [-0.39, 0.29) is 12.2 Å². The molecule has 0 aromatic carbocycles. The average molecular weight is 308 g/mol. The van der Waals surface area contributed by atoms with Gasteiger partial charge in [0.15, 0.2) is 0 Å². The van der Waals surface area contributed by atoms with Crippen molar-refractivity contribution in [2.75, 3.05) is 7.05 Å². The van der Waals surface area contributed by atoms with E-state index in [4.69, 9.17) is 9.98 Å². The molecule has 22 heavy (non-hydrogen) atoms. The molecule has 1 heterocycles. The van der Waals surface area contributed by atoms with Gasteiger partial charge >= 0.3 is 6.03 Å². The first-order valence-electron chi connectivity index (χ1n) is 8.83. The number of urea groups is 1. The van der Waals surface area contributed by atoms with Gasteiger partial charge in [-0.2, -0.15) is 0 Å². The third kappa shape index (κ3) is 5.43. The quantitative estimate of drug-likeness (QED) is 0.677. The zero-order valence-electron chi connectivity index (χ0n) is 14.7. The molecule has 1 aliphatic heterocycles. The molecular weight excluding hydrogens is 276 g/mol. The summed E-state index contributed by atoms with van der Waals surface area (Å²) in [4.78, 5) is 23.5. The molecule has 1 unspecified atom stereocenters. The summed E-state index contributed by atoms with van der Waals surface area (Å²) in [6.07, 6.45) is 9.15. The maximum atomic E-state index is 12.3. The topological polar surface area (TPSA) is 57.1 Å². The molecule has 0 aliphatic carbocycles. The van der Waals surface area contributed by atoms with E-state index in [0.29, 0.717) is 0 Å². The number of nitrogens with zero attached hydrogens (tertiary/aromatic N) is 3. The lowest BCUT2D eigenvalue weighted by atomic mass is 10.1. The number of carbonyl (C=O) groups is 1. The van der Waals surface area contributed by atoms with Crippen LogP contribution in [0, 0.1) is 0 Å². The zero-order chi connectivity index (χ0) is 16.4. The Balaban J connectivity index is 2.98. The van der Waals surface area contributed by atoms with Gasteiger partial charge in [0.05, 0.1) is 0 Å². The van der Waals surface area contributed by atoms with Crippen molar-refractivity contribution in [3.05, 3.63) is 0 Å². The van der Waals surface area contributed by atoms with Crippen LogP contribution in [-0.2, 0) is 0 Å². The second-order valence-electron chi connectivity index (χ2n) is 5.83. The monoisotopic (exact) mass is 308 g/mol. The van der Waals surface area contributed by atoms with Crippen LogP contribution >= 0.6 is 0 Å². The van der Waals surface area contributed by atoms with Crippen LogP contribution in [0.4, 0.5) is 4.79 Å². The molecule has 0 saturated heterocycles. The third-order valence-corrected chi connectivity index (χ3v) is 3.89. The number of aliphatic imine (C=N–C) groups is 2. The fraction of sp³-hybridized carbons (Fsp3) is 0.824. The summed E-state index contributed by atoms with van der Waals surface area (Å²) in [6, 6.07) is -0.0887. The smallest absolute Gasteiger partial charge is 0.324 e. The van der Waals surface area contributed by atoms with Crippen molar-refractivity contribution in [2.45, 2.75) is 84.7 Å². The van der Waals surface area contributed by atoms with E-state index in [2.05, 4.69) is 26.1 Å². The van der Waals surface area contributed by atoms with Crippen molar-refractivity contribution in [3.63, 3.8) is 0 Å². The van der Waals surface area contributed by atoms with Crippen LogP contribution in [0.3, 0.4) is 0 Å². The Hall–Kier alpha value is -1.39. The first-order valence-corrected chi connectivity index (χ1v) is 8.83. The largest absolute Gasteiger partial charge is 0.341 e. The highest BCUT2D eigenvalue weighted by molar-refractivity contribution is 6.05. The van der Waals surface area contributed by atoms with Gasteiger partial charge in [-0.05, 0) is 25.7 Å². The zero-order valence-corrected chi connectivity index (χ0v) is 14.7. The molecule has 0 spiro atoms. The molecule has 0 aromatic rings. The average Bonchev–Trinajstić information content (AvgIpc) is 2.55. The number of unbranched alkanes of at least 4 members (excludes halogenated alkanes) is 3. The van der Waals surface area contributed by atoms with Gasteiger partial charge in [0.2, 0.25) is 0 Å². The van der Waals surface area contributed by atoms with E-state index in [1.54, 1.807) is 11.9 Å². The van der Waals surface area contributed by atoms with Crippen LogP contribution in [0.2, 0.25) is 0 Å². The highest BCUT2D eigenvalue weighted by Gasteiger charge is 2.30. The van der Waals surface area contributed by atoms with E-state index >= 15 is 0 Å². The van der Waals surface area contributed by atoms with Gasteiger partial charge < -0.3 is 5.32 Å². The molecule has 0 fully saturated rings. The first-order chi connectivity index (χ1) is 10.7. The van der Waals surface area contributed by atoms with E-state index in [1.807, 2.05) is 0 Å². The number of hydrogen-bond acceptors (Lipinski definition) is 3. The SMILES string of the molecule is CCCCC1=NC(CCCC)N(C(=O)NC)C(CCCC)=N1. The fourth-order valence-electron chi connectivity index (χ4n) is 2.55. The Kier molecular flexibility index (Phi) is 8.78. The summed E-state index contributed by atoms with van der Waals surface area (Å²) < 4.78 is 0. The number of nitrogens with one attached hydrogen (secondary N) is 1. The summed E-state index contributed by atoms with van der Waals surface area (Å²) in [5.74, 6) is 1.82. The van der Waals surface area contributed by atoms with E-state index in [1.165, 1.54) is 0 Å². The van der Waals surface area contributed by atoms with Gasteiger partial charge in [-0.15, -0.1) is 0 Å². The molecule has 2 amide bonds. The van der Waals surface area contributed by atoms with Crippen molar-refractivity contribution in [1.29, 1.82) is 0 Å². The molecule has 1 atom stereocenters. The van der Waals surface area contributed by atoms with Crippen molar-refractivity contribution in [2.24, 2.45) is 9.98 Å². The standard InChI is InChI=1S/C17H32N4O/c1-5-8-11-14-19-15(12-9-6-2)21(17(22)18-4)16(20-14)13-10-7-3/h15H,5-13H2,1-4H3,(H,18,22). The number of rotatable bonds is 9.